The van der Waals surface area contributed by atoms with E-state index in [1.807, 2.05) is 0 Å². The molecule has 0 saturated carbocycles. The van der Waals surface area contributed by atoms with Crippen LogP contribution in [0.15, 0.2) is 0 Å². The molecular formula is C10H20N2O3S. The maximum absolute atomic E-state index is 11.4. The van der Waals surface area contributed by atoms with Crippen molar-refractivity contribution in [2.24, 2.45) is 0 Å². The van der Waals surface area contributed by atoms with Crippen LogP contribution in [0.3, 0.4) is 0 Å². The molecule has 2 atom stereocenters. The van der Waals surface area contributed by atoms with Gasteiger partial charge in [0.25, 0.3) is 0 Å². The van der Waals surface area contributed by atoms with Gasteiger partial charge in [-0.05, 0) is 12.8 Å². The molecule has 5 nitrogen and oxygen atoms in total. The topological polar surface area (TPSA) is 69.6 Å². The zero-order chi connectivity index (χ0) is 11.6. The Morgan fingerprint density at radius 2 is 2.19 bits per heavy atom. The van der Waals surface area contributed by atoms with E-state index in [0.717, 1.165) is 25.9 Å². The molecule has 2 unspecified atom stereocenters. The number of rotatable bonds is 4. The van der Waals surface area contributed by atoms with Crippen LogP contribution in [0.1, 0.15) is 12.8 Å². The van der Waals surface area contributed by atoms with Crippen molar-refractivity contribution < 1.29 is 13.5 Å². The van der Waals surface area contributed by atoms with Crippen molar-refractivity contribution in [1.82, 2.24) is 10.2 Å². The molecule has 16 heavy (non-hydrogen) atoms. The Balaban J connectivity index is 1.81. The van der Waals surface area contributed by atoms with Gasteiger partial charge in [0.15, 0.2) is 9.84 Å². The van der Waals surface area contributed by atoms with Crippen molar-refractivity contribution in [3.63, 3.8) is 0 Å². The number of hydrogen-bond acceptors (Lipinski definition) is 5. The minimum atomic E-state index is -2.77. The summed E-state index contributed by atoms with van der Waals surface area (Å²) in [6.45, 7) is 2.68. The summed E-state index contributed by atoms with van der Waals surface area (Å²) in [6, 6.07) is 0.640. The molecule has 0 amide bonds. The van der Waals surface area contributed by atoms with E-state index in [4.69, 9.17) is 5.11 Å². The third-order valence-electron chi connectivity index (χ3n) is 3.49. The van der Waals surface area contributed by atoms with Crippen LogP contribution >= 0.6 is 0 Å². The van der Waals surface area contributed by atoms with Crippen LogP contribution in [0.4, 0.5) is 0 Å². The van der Waals surface area contributed by atoms with E-state index in [2.05, 4.69) is 10.2 Å². The molecule has 2 aliphatic rings. The molecule has 2 saturated heterocycles. The second-order valence-electron chi connectivity index (χ2n) is 4.72. The van der Waals surface area contributed by atoms with Gasteiger partial charge in [-0.2, -0.15) is 0 Å². The number of nitrogens with zero attached hydrogens (tertiary/aromatic N) is 1. The maximum atomic E-state index is 11.4. The molecule has 2 rings (SSSR count). The maximum Gasteiger partial charge on any atom is 0.151 e. The van der Waals surface area contributed by atoms with Crippen LogP contribution in [0.2, 0.25) is 0 Å². The predicted octanol–water partition coefficient (Wildman–Crippen LogP) is -1.17. The van der Waals surface area contributed by atoms with E-state index < -0.39 is 9.84 Å². The Morgan fingerprint density at radius 3 is 2.81 bits per heavy atom. The van der Waals surface area contributed by atoms with E-state index >= 15 is 0 Å². The van der Waals surface area contributed by atoms with E-state index in [-0.39, 0.29) is 12.6 Å². The molecule has 0 bridgehead atoms. The molecule has 2 fully saturated rings. The van der Waals surface area contributed by atoms with Gasteiger partial charge in [0.2, 0.25) is 0 Å². The van der Waals surface area contributed by atoms with E-state index in [1.165, 1.54) is 0 Å². The second-order valence-corrected chi connectivity index (χ2v) is 6.94. The second kappa shape index (κ2) is 5.00. The van der Waals surface area contributed by atoms with Gasteiger partial charge in [-0.3, -0.25) is 4.90 Å². The zero-order valence-corrected chi connectivity index (χ0v) is 10.2. The molecular weight excluding hydrogens is 228 g/mol. The fourth-order valence-electron chi connectivity index (χ4n) is 2.62. The van der Waals surface area contributed by atoms with Crippen molar-refractivity contribution in [3.05, 3.63) is 0 Å². The molecule has 94 valence electrons. The highest BCUT2D eigenvalue weighted by Crippen LogP contribution is 2.21. The summed E-state index contributed by atoms with van der Waals surface area (Å²) in [7, 11) is -2.77. The summed E-state index contributed by atoms with van der Waals surface area (Å²) in [4.78, 5) is 2.28. The molecule has 0 aromatic heterocycles. The molecule has 0 aromatic carbocycles. The standard InChI is InChI=1S/C10H20N2O3S/c13-5-3-11-9-1-4-12(7-9)10-2-6-16(14,15)8-10/h9-11,13H,1-8H2. The van der Waals surface area contributed by atoms with Gasteiger partial charge >= 0.3 is 0 Å². The molecule has 2 aliphatic heterocycles. The lowest BCUT2D eigenvalue weighted by molar-refractivity contribution is 0.250. The number of hydrogen-bond donors (Lipinski definition) is 2. The van der Waals surface area contributed by atoms with E-state index in [9.17, 15) is 8.42 Å². The SMILES string of the molecule is O=S1(=O)CCC(N2CCC(NCCO)C2)C1. The number of nitrogens with one attached hydrogen (secondary N) is 1. The smallest absolute Gasteiger partial charge is 0.151 e. The Morgan fingerprint density at radius 1 is 1.38 bits per heavy atom. The van der Waals surface area contributed by atoms with Crippen molar-refractivity contribution in [2.45, 2.75) is 24.9 Å². The summed E-state index contributed by atoms with van der Waals surface area (Å²) >= 11 is 0. The molecule has 2 N–H and O–H groups in total. The van der Waals surface area contributed by atoms with Crippen LogP contribution in [0.25, 0.3) is 0 Å². The zero-order valence-electron chi connectivity index (χ0n) is 9.43. The average molecular weight is 248 g/mol. The molecule has 0 spiro atoms. The summed E-state index contributed by atoms with van der Waals surface area (Å²) in [5.74, 6) is 0.683. The van der Waals surface area contributed by atoms with Crippen LogP contribution in [-0.4, -0.2) is 68.3 Å². The Kier molecular flexibility index (Phi) is 3.84. The molecule has 2 heterocycles. The van der Waals surface area contributed by atoms with Gasteiger partial charge in [-0.1, -0.05) is 0 Å². The first kappa shape index (κ1) is 12.3. The Bertz CT molecular complexity index is 331. The van der Waals surface area contributed by atoms with Crippen LogP contribution in [0, 0.1) is 0 Å². The van der Waals surface area contributed by atoms with Gasteiger partial charge in [-0.15, -0.1) is 0 Å². The summed E-state index contributed by atoms with van der Waals surface area (Å²) in [5, 5.41) is 12.0. The quantitative estimate of drug-likeness (QED) is 0.656. The monoisotopic (exact) mass is 248 g/mol. The van der Waals surface area contributed by atoms with Crippen molar-refractivity contribution in [1.29, 1.82) is 0 Å². The number of aliphatic hydroxyl groups is 1. The molecule has 6 heteroatoms. The average Bonchev–Trinajstić information content (AvgIpc) is 2.81. The number of likely N-dealkylation sites (tertiary alicyclic amines) is 1. The first-order valence-corrected chi connectivity index (χ1v) is 7.71. The minimum Gasteiger partial charge on any atom is -0.395 e. The fourth-order valence-corrected chi connectivity index (χ4v) is 4.38. The predicted molar refractivity (Wildman–Crippen MR) is 62.1 cm³/mol. The highest BCUT2D eigenvalue weighted by atomic mass is 32.2. The Labute approximate surface area is 96.7 Å². The Hall–Kier alpha value is -0.170. The van der Waals surface area contributed by atoms with Gasteiger partial charge in [-0.25, -0.2) is 8.42 Å². The van der Waals surface area contributed by atoms with Gasteiger partial charge in [0.05, 0.1) is 18.1 Å². The van der Waals surface area contributed by atoms with Gasteiger partial charge in [0.1, 0.15) is 0 Å². The van der Waals surface area contributed by atoms with Crippen LogP contribution in [0.5, 0.6) is 0 Å². The lowest BCUT2D eigenvalue weighted by Gasteiger charge is -2.22. The van der Waals surface area contributed by atoms with Crippen molar-refractivity contribution in [3.8, 4) is 0 Å². The fraction of sp³-hybridized carbons (Fsp3) is 1.00. The lowest BCUT2D eigenvalue weighted by atomic mass is 10.2. The lowest BCUT2D eigenvalue weighted by Crippen LogP contribution is -2.38. The number of sulfone groups is 1. The summed E-state index contributed by atoms with van der Waals surface area (Å²) in [5.41, 5.74) is 0. The molecule has 0 radical (unpaired) electrons. The minimum absolute atomic E-state index is 0.161. The number of aliphatic hydroxyl groups excluding tert-OH is 1. The van der Waals surface area contributed by atoms with Crippen molar-refractivity contribution in [2.75, 3.05) is 37.7 Å². The van der Waals surface area contributed by atoms with Crippen molar-refractivity contribution >= 4 is 9.84 Å². The van der Waals surface area contributed by atoms with E-state index in [1.54, 1.807) is 0 Å². The van der Waals surface area contributed by atoms with E-state index in [0.29, 0.717) is 24.1 Å². The molecule has 0 aromatic rings. The largest absolute Gasteiger partial charge is 0.395 e. The first-order valence-electron chi connectivity index (χ1n) is 5.89. The normalized spacial score (nSPS) is 34.6. The first-order chi connectivity index (χ1) is 7.61. The van der Waals surface area contributed by atoms with Gasteiger partial charge < -0.3 is 10.4 Å². The van der Waals surface area contributed by atoms with Crippen LogP contribution < -0.4 is 5.32 Å². The molecule has 0 aliphatic carbocycles. The summed E-state index contributed by atoms with van der Waals surface area (Å²) < 4.78 is 22.8. The highest BCUT2D eigenvalue weighted by Gasteiger charge is 2.35. The third kappa shape index (κ3) is 2.94. The highest BCUT2D eigenvalue weighted by molar-refractivity contribution is 7.91. The van der Waals surface area contributed by atoms with Crippen LogP contribution in [-0.2, 0) is 9.84 Å². The van der Waals surface area contributed by atoms with Gasteiger partial charge in [0, 0.05) is 31.7 Å². The summed E-state index contributed by atoms with van der Waals surface area (Å²) in [6.07, 6.45) is 1.84. The third-order valence-corrected chi connectivity index (χ3v) is 5.24.